The lowest BCUT2D eigenvalue weighted by Crippen LogP contribution is -2.72. The molecule has 2 aliphatic heterocycles. The molecule has 196 valence electrons. The van der Waals surface area contributed by atoms with E-state index in [1.165, 1.54) is 6.26 Å². The lowest BCUT2D eigenvalue weighted by molar-refractivity contribution is -0.0179. The summed E-state index contributed by atoms with van der Waals surface area (Å²) in [5, 5.41) is 4.92. The first-order valence-electron chi connectivity index (χ1n) is 12.6. The van der Waals surface area contributed by atoms with E-state index < -0.39 is 9.84 Å². The molecule has 9 nitrogen and oxygen atoms in total. The molecule has 2 aliphatic rings. The summed E-state index contributed by atoms with van der Waals surface area (Å²) in [6, 6.07) is 0. The van der Waals surface area contributed by atoms with Crippen LogP contribution in [0.25, 0.3) is 27.8 Å². The summed E-state index contributed by atoms with van der Waals surface area (Å²) in [6.07, 6.45) is 6.51. The number of rotatable bonds is 6. The predicted octanol–water partition coefficient (Wildman–Crippen LogP) is 3.32. The smallest absolute Gasteiger partial charge is 0.175 e. The van der Waals surface area contributed by atoms with Crippen LogP contribution in [0.3, 0.4) is 0 Å². The third-order valence-electron chi connectivity index (χ3n) is 8.02. The van der Waals surface area contributed by atoms with Gasteiger partial charge < -0.3 is 14.8 Å². The van der Waals surface area contributed by atoms with Gasteiger partial charge in [-0.3, -0.25) is 0 Å². The molecule has 37 heavy (non-hydrogen) atoms. The fourth-order valence-corrected chi connectivity index (χ4v) is 6.68. The monoisotopic (exact) mass is 525 g/mol. The second kappa shape index (κ2) is 8.22. The van der Waals surface area contributed by atoms with Crippen LogP contribution in [0.2, 0.25) is 0 Å². The Morgan fingerprint density at radius 1 is 1.14 bits per heavy atom. The minimum atomic E-state index is -2.97. The van der Waals surface area contributed by atoms with Crippen molar-refractivity contribution in [1.29, 1.82) is 0 Å². The second-order valence-electron chi connectivity index (χ2n) is 11.3. The summed E-state index contributed by atoms with van der Waals surface area (Å²) >= 11 is 0. The number of aromatic amines is 1. The quantitative estimate of drug-likeness (QED) is 0.412. The average molecular weight is 526 g/mol. The van der Waals surface area contributed by atoms with Gasteiger partial charge in [-0.15, -0.1) is 0 Å². The molecule has 6 heterocycles. The van der Waals surface area contributed by atoms with Gasteiger partial charge in [-0.25, -0.2) is 27.3 Å². The van der Waals surface area contributed by atoms with Crippen molar-refractivity contribution >= 4 is 32.2 Å². The van der Waals surface area contributed by atoms with E-state index in [1.807, 2.05) is 18.0 Å². The van der Waals surface area contributed by atoms with Crippen LogP contribution in [0.4, 0.5) is 10.2 Å². The molecule has 1 spiro atoms. The van der Waals surface area contributed by atoms with E-state index in [9.17, 15) is 8.42 Å². The Hall–Kier alpha value is -3.05. The van der Waals surface area contributed by atoms with Crippen LogP contribution in [-0.2, 0) is 9.84 Å². The van der Waals surface area contributed by atoms with Crippen molar-refractivity contribution in [2.75, 3.05) is 49.6 Å². The van der Waals surface area contributed by atoms with Gasteiger partial charge >= 0.3 is 0 Å². The van der Waals surface area contributed by atoms with Crippen molar-refractivity contribution in [3.05, 3.63) is 41.2 Å². The van der Waals surface area contributed by atoms with Crippen molar-refractivity contribution < 1.29 is 12.8 Å². The summed E-state index contributed by atoms with van der Waals surface area (Å²) in [4.78, 5) is 16.5. The maximum atomic E-state index is 16.1. The highest BCUT2D eigenvalue weighted by Gasteiger charge is 2.52. The number of nitrogens with zero attached hydrogens (tertiary/aromatic N) is 6. The third kappa shape index (κ3) is 3.90. The van der Waals surface area contributed by atoms with Crippen LogP contribution in [-0.4, -0.2) is 82.6 Å². The number of aromatic nitrogens is 5. The SMILES string of the molecule is Cc1c(-c2[nH]c3cnc(N4CC5(CN(CCS(C)(=O)=O)C5)C4)c(F)c3c2C(C)C)cn2ncnc2c1C. The van der Waals surface area contributed by atoms with Gasteiger partial charge in [0.15, 0.2) is 17.3 Å². The van der Waals surface area contributed by atoms with E-state index in [0.29, 0.717) is 23.3 Å². The van der Waals surface area contributed by atoms with Crippen LogP contribution in [0.15, 0.2) is 18.7 Å². The van der Waals surface area contributed by atoms with Crippen molar-refractivity contribution in [3.63, 3.8) is 0 Å². The lowest BCUT2D eigenvalue weighted by Gasteiger charge is -2.60. The average Bonchev–Trinajstić information content (AvgIpc) is 3.39. The fourth-order valence-electron chi connectivity index (χ4n) is 6.09. The lowest BCUT2D eigenvalue weighted by atomic mass is 9.73. The van der Waals surface area contributed by atoms with Gasteiger partial charge in [-0.1, -0.05) is 13.8 Å². The number of fused-ring (bicyclic) bond motifs is 2. The zero-order valence-corrected chi connectivity index (χ0v) is 22.7. The normalized spacial score (nSPS) is 17.8. The minimum Gasteiger partial charge on any atom is -0.353 e. The molecule has 2 saturated heterocycles. The van der Waals surface area contributed by atoms with E-state index in [-0.39, 0.29) is 22.9 Å². The predicted molar refractivity (Wildman–Crippen MR) is 142 cm³/mol. The van der Waals surface area contributed by atoms with Gasteiger partial charge in [0.05, 0.1) is 23.2 Å². The summed E-state index contributed by atoms with van der Waals surface area (Å²) < 4.78 is 40.8. The molecule has 2 fully saturated rings. The number of nitrogens with one attached hydrogen (secondary N) is 1. The maximum absolute atomic E-state index is 16.1. The number of aryl methyl sites for hydroxylation is 1. The van der Waals surface area contributed by atoms with Crippen LogP contribution < -0.4 is 4.90 Å². The van der Waals surface area contributed by atoms with Gasteiger partial charge in [-0.2, -0.15) is 5.10 Å². The van der Waals surface area contributed by atoms with Gasteiger partial charge in [0.2, 0.25) is 0 Å². The third-order valence-corrected chi connectivity index (χ3v) is 8.95. The molecule has 0 saturated carbocycles. The van der Waals surface area contributed by atoms with Crippen molar-refractivity contribution in [2.24, 2.45) is 5.41 Å². The molecule has 0 bridgehead atoms. The molecular weight excluding hydrogens is 493 g/mol. The van der Waals surface area contributed by atoms with Gasteiger partial charge in [0, 0.05) is 61.5 Å². The van der Waals surface area contributed by atoms with Crippen molar-refractivity contribution in [3.8, 4) is 11.3 Å². The molecule has 0 aromatic carbocycles. The highest BCUT2D eigenvalue weighted by molar-refractivity contribution is 7.90. The number of H-pyrrole nitrogens is 1. The zero-order valence-electron chi connectivity index (χ0n) is 21.8. The summed E-state index contributed by atoms with van der Waals surface area (Å²) in [5.74, 6) is 0.358. The van der Waals surface area contributed by atoms with Crippen LogP contribution in [0.1, 0.15) is 36.5 Å². The first-order valence-corrected chi connectivity index (χ1v) is 14.7. The Morgan fingerprint density at radius 3 is 2.54 bits per heavy atom. The van der Waals surface area contributed by atoms with Crippen LogP contribution in [0, 0.1) is 25.1 Å². The molecule has 0 atom stereocenters. The first-order chi connectivity index (χ1) is 17.5. The molecule has 4 aromatic heterocycles. The minimum absolute atomic E-state index is 0.0809. The van der Waals surface area contributed by atoms with Gasteiger partial charge in [0.25, 0.3) is 0 Å². The topological polar surface area (TPSA) is 99.5 Å². The number of anilines is 1. The summed E-state index contributed by atoms with van der Waals surface area (Å²) in [6.45, 7) is 12.0. The maximum Gasteiger partial charge on any atom is 0.175 e. The summed E-state index contributed by atoms with van der Waals surface area (Å²) in [7, 11) is -2.97. The summed E-state index contributed by atoms with van der Waals surface area (Å²) in [5.41, 5.74) is 6.52. The second-order valence-corrected chi connectivity index (χ2v) is 13.5. The Morgan fingerprint density at radius 2 is 1.86 bits per heavy atom. The molecule has 6 rings (SSSR count). The van der Waals surface area contributed by atoms with Crippen LogP contribution in [0.5, 0.6) is 0 Å². The number of pyridine rings is 2. The largest absolute Gasteiger partial charge is 0.353 e. The van der Waals surface area contributed by atoms with Crippen molar-refractivity contribution in [1.82, 2.24) is 29.5 Å². The number of hydrogen-bond acceptors (Lipinski definition) is 7. The molecule has 11 heteroatoms. The van der Waals surface area contributed by atoms with E-state index in [4.69, 9.17) is 0 Å². The number of sulfone groups is 1. The first kappa shape index (κ1) is 24.3. The zero-order chi connectivity index (χ0) is 26.3. The molecule has 0 radical (unpaired) electrons. The number of hydrogen-bond donors (Lipinski definition) is 1. The van der Waals surface area contributed by atoms with E-state index in [0.717, 1.165) is 59.8 Å². The molecule has 4 aromatic rings. The van der Waals surface area contributed by atoms with E-state index in [2.05, 4.69) is 45.7 Å². The Labute approximate surface area is 215 Å². The number of halogens is 1. The Bertz CT molecular complexity index is 1640. The van der Waals surface area contributed by atoms with E-state index in [1.54, 1.807) is 17.0 Å². The van der Waals surface area contributed by atoms with Gasteiger partial charge in [0.1, 0.15) is 16.2 Å². The molecule has 0 unspecified atom stereocenters. The molecular formula is C26H32FN7O2S. The Kier molecular flexibility index (Phi) is 5.40. The molecule has 1 N–H and O–H groups in total. The van der Waals surface area contributed by atoms with Gasteiger partial charge in [-0.05, 0) is 36.5 Å². The molecule has 0 amide bonds. The highest BCUT2D eigenvalue weighted by atomic mass is 32.2. The van der Waals surface area contributed by atoms with Crippen molar-refractivity contribution in [2.45, 2.75) is 33.6 Å². The van der Waals surface area contributed by atoms with E-state index >= 15 is 4.39 Å². The molecule has 0 aliphatic carbocycles. The standard InChI is InChI=1S/C26H32FN7O2S/c1-15(2)20-21-19(31-23(20)18-9-34-24(29-14-30-34)17(4)16(18)3)8-28-25(22(21)27)33-12-26(13-33)10-32(11-26)6-7-37(5,35)36/h8-9,14-15,31H,6-7,10-13H2,1-5H3. The Balaban J connectivity index is 1.32. The van der Waals surface area contributed by atoms with Crippen LogP contribution >= 0.6 is 0 Å². The highest BCUT2D eigenvalue weighted by Crippen LogP contribution is 2.45. The fraction of sp³-hybridized carbons (Fsp3) is 0.500. The number of likely N-dealkylation sites (tertiary alicyclic amines) is 1.